The number of halogens is 1. The summed E-state index contributed by atoms with van der Waals surface area (Å²) in [6, 6.07) is 11.0. The van der Waals surface area contributed by atoms with Gasteiger partial charge in [-0.3, -0.25) is 14.5 Å². The van der Waals surface area contributed by atoms with E-state index in [-0.39, 0.29) is 11.8 Å². The van der Waals surface area contributed by atoms with Crippen LogP contribution in [0.5, 0.6) is 0 Å². The lowest BCUT2D eigenvalue weighted by atomic mass is 10.2. The fourth-order valence-electron chi connectivity index (χ4n) is 2.80. The fourth-order valence-corrected chi connectivity index (χ4v) is 3.34. The van der Waals surface area contributed by atoms with E-state index in [0.717, 1.165) is 28.8 Å². The van der Waals surface area contributed by atoms with Gasteiger partial charge in [0.05, 0.1) is 6.26 Å². The number of furan rings is 1. The van der Waals surface area contributed by atoms with Crippen molar-refractivity contribution in [3.63, 3.8) is 0 Å². The molecule has 2 amide bonds. The van der Waals surface area contributed by atoms with Gasteiger partial charge in [0, 0.05) is 48.4 Å². The first-order chi connectivity index (χ1) is 12.1. The Morgan fingerprint density at radius 3 is 2.60 bits per heavy atom. The normalized spacial score (nSPS) is 15.2. The first-order valence-electron chi connectivity index (χ1n) is 8.22. The molecule has 0 radical (unpaired) electrons. The highest BCUT2D eigenvalue weighted by atomic mass is 127. The smallest absolute Gasteiger partial charge is 0.287 e. The third-order valence-electron chi connectivity index (χ3n) is 4.19. The summed E-state index contributed by atoms with van der Waals surface area (Å²) in [5, 5.41) is 2.84. The lowest BCUT2D eigenvalue weighted by molar-refractivity contribution is 0.0637. The molecular weight excluding hydrogens is 433 g/mol. The van der Waals surface area contributed by atoms with Gasteiger partial charge in [-0.05, 0) is 52.9 Å². The molecule has 2 heterocycles. The predicted octanol–water partition coefficient (Wildman–Crippen LogP) is 2.07. The third-order valence-corrected chi connectivity index (χ3v) is 4.86. The number of rotatable bonds is 5. The average Bonchev–Trinajstić information content (AvgIpc) is 3.16. The summed E-state index contributed by atoms with van der Waals surface area (Å²) in [7, 11) is 0. The van der Waals surface area contributed by atoms with Gasteiger partial charge < -0.3 is 14.6 Å². The van der Waals surface area contributed by atoms with Crippen LogP contribution in [0.25, 0.3) is 0 Å². The van der Waals surface area contributed by atoms with Crippen molar-refractivity contribution in [1.29, 1.82) is 0 Å². The number of hydrogen-bond acceptors (Lipinski definition) is 4. The van der Waals surface area contributed by atoms with Gasteiger partial charge in [0.25, 0.3) is 11.8 Å². The van der Waals surface area contributed by atoms with Crippen LogP contribution in [-0.2, 0) is 0 Å². The number of amides is 2. The number of hydrogen-bond donors (Lipinski definition) is 1. The zero-order valence-corrected chi connectivity index (χ0v) is 15.9. The molecule has 6 nitrogen and oxygen atoms in total. The summed E-state index contributed by atoms with van der Waals surface area (Å²) in [6.07, 6.45) is 1.49. The maximum atomic E-state index is 12.5. The van der Waals surface area contributed by atoms with E-state index in [0.29, 0.717) is 25.4 Å². The van der Waals surface area contributed by atoms with Crippen LogP contribution in [0.1, 0.15) is 20.9 Å². The molecule has 0 aliphatic carbocycles. The van der Waals surface area contributed by atoms with Crippen molar-refractivity contribution < 1.29 is 14.0 Å². The zero-order valence-electron chi connectivity index (χ0n) is 13.8. The maximum absolute atomic E-state index is 12.5. The Bertz CT molecular complexity index is 725. The Balaban J connectivity index is 1.41. The standard InChI is InChI=1S/C18H20IN3O3/c19-15-4-1-3-14(13-15)18(24)22-10-8-21(9-11-22)7-6-20-17(23)16-5-2-12-25-16/h1-5,12-13H,6-11H2,(H,20,23). The average molecular weight is 453 g/mol. The van der Waals surface area contributed by atoms with Crippen LogP contribution in [0.15, 0.2) is 47.1 Å². The van der Waals surface area contributed by atoms with Gasteiger partial charge in [0.15, 0.2) is 5.76 Å². The summed E-state index contributed by atoms with van der Waals surface area (Å²) < 4.78 is 6.12. The summed E-state index contributed by atoms with van der Waals surface area (Å²) in [5.74, 6) is 0.217. The van der Waals surface area contributed by atoms with Crippen molar-refractivity contribution in [2.45, 2.75) is 0 Å². The first-order valence-corrected chi connectivity index (χ1v) is 9.30. The van der Waals surface area contributed by atoms with Crippen LogP contribution >= 0.6 is 22.6 Å². The first kappa shape index (κ1) is 17.9. The lowest BCUT2D eigenvalue weighted by Crippen LogP contribution is -2.50. The minimum atomic E-state index is -0.197. The summed E-state index contributed by atoms with van der Waals surface area (Å²) in [6.45, 7) is 4.35. The minimum Gasteiger partial charge on any atom is -0.459 e. The number of benzene rings is 1. The second kappa shape index (κ2) is 8.48. The lowest BCUT2D eigenvalue weighted by Gasteiger charge is -2.34. The highest BCUT2D eigenvalue weighted by Crippen LogP contribution is 2.12. The summed E-state index contributed by atoms with van der Waals surface area (Å²) in [5.41, 5.74) is 0.742. The molecule has 2 aromatic rings. The number of carbonyl (C=O) groups is 2. The predicted molar refractivity (Wildman–Crippen MR) is 103 cm³/mol. The van der Waals surface area contributed by atoms with Crippen LogP contribution in [-0.4, -0.2) is 60.9 Å². The van der Waals surface area contributed by atoms with Crippen LogP contribution in [0.4, 0.5) is 0 Å². The molecule has 1 aliphatic heterocycles. The number of nitrogens with zero attached hydrogens (tertiary/aromatic N) is 2. The quantitative estimate of drug-likeness (QED) is 0.705. The van der Waals surface area contributed by atoms with Crippen molar-refractivity contribution in [2.75, 3.05) is 39.3 Å². The molecule has 7 heteroatoms. The summed E-state index contributed by atoms with van der Waals surface area (Å²) >= 11 is 2.22. The highest BCUT2D eigenvalue weighted by Gasteiger charge is 2.22. The molecule has 132 valence electrons. The van der Waals surface area contributed by atoms with E-state index in [4.69, 9.17) is 4.42 Å². The van der Waals surface area contributed by atoms with Crippen LogP contribution in [0.2, 0.25) is 0 Å². The van der Waals surface area contributed by atoms with E-state index in [9.17, 15) is 9.59 Å². The molecule has 25 heavy (non-hydrogen) atoms. The largest absolute Gasteiger partial charge is 0.459 e. The van der Waals surface area contributed by atoms with Gasteiger partial charge in [-0.2, -0.15) is 0 Å². The van der Waals surface area contributed by atoms with E-state index < -0.39 is 0 Å². The van der Waals surface area contributed by atoms with Crippen molar-refractivity contribution in [1.82, 2.24) is 15.1 Å². The molecule has 1 aromatic carbocycles. The molecule has 0 bridgehead atoms. The van der Waals surface area contributed by atoms with E-state index in [1.807, 2.05) is 29.2 Å². The molecule has 1 fully saturated rings. The Labute approximate surface area is 160 Å². The molecule has 0 atom stereocenters. The van der Waals surface area contributed by atoms with E-state index in [2.05, 4.69) is 32.8 Å². The van der Waals surface area contributed by atoms with Gasteiger partial charge in [-0.15, -0.1) is 0 Å². The molecule has 0 unspecified atom stereocenters. The zero-order chi connectivity index (χ0) is 17.6. The number of carbonyl (C=O) groups excluding carboxylic acids is 2. The van der Waals surface area contributed by atoms with Gasteiger partial charge in [-0.1, -0.05) is 6.07 Å². The van der Waals surface area contributed by atoms with E-state index in [1.54, 1.807) is 12.1 Å². The monoisotopic (exact) mass is 453 g/mol. The van der Waals surface area contributed by atoms with Crippen molar-refractivity contribution in [3.05, 3.63) is 57.6 Å². The van der Waals surface area contributed by atoms with Crippen LogP contribution in [0, 0.1) is 3.57 Å². The topological polar surface area (TPSA) is 65.8 Å². The fraction of sp³-hybridized carbons (Fsp3) is 0.333. The van der Waals surface area contributed by atoms with Gasteiger partial charge >= 0.3 is 0 Å². The molecule has 1 saturated heterocycles. The summed E-state index contributed by atoms with van der Waals surface area (Å²) in [4.78, 5) is 28.5. The molecule has 1 aliphatic rings. The Kier molecular flexibility index (Phi) is 6.09. The van der Waals surface area contributed by atoms with Crippen molar-refractivity contribution in [3.8, 4) is 0 Å². The highest BCUT2D eigenvalue weighted by molar-refractivity contribution is 14.1. The maximum Gasteiger partial charge on any atom is 0.287 e. The molecule has 0 spiro atoms. The van der Waals surface area contributed by atoms with Crippen LogP contribution < -0.4 is 5.32 Å². The number of piperazine rings is 1. The minimum absolute atomic E-state index is 0.0873. The molecular formula is C18H20IN3O3. The SMILES string of the molecule is O=C(NCCN1CCN(C(=O)c2cccc(I)c2)CC1)c1ccco1. The molecule has 0 saturated carbocycles. The Morgan fingerprint density at radius 1 is 1.12 bits per heavy atom. The molecule has 1 aromatic heterocycles. The third kappa shape index (κ3) is 4.82. The Morgan fingerprint density at radius 2 is 1.92 bits per heavy atom. The van der Waals surface area contributed by atoms with Crippen molar-refractivity contribution in [2.24, 2.45) is 0 Å². The second-order valence-electron chi connectivity index (χ2n) is 5.88. The molecule has 3 rings (SSSR count). The van der Waals surface area contributed by atoms with E-state index in [1.165, 1.54) is 6.26 Å². The van der Waals surface area contributed by atoms with Gasteiger partial charge in [-0.25, -0.2) is 0 Å². The van der Waals surface area contributed by atoms with E-state index >= 15 is 0 Å². The van der Waals surface area contributed by atoms with Crippen LogP contribution in [0.3, 0.4) is 0 Å². The van der Waals surface area contributed by atoms with Crippen molar-refractivity contribution >= 4 is 34.4 Å². The Hall–Kier alpha value is -1.87. The van der Waals surface area contributed by atoms with Gasteiger partial charge in [0.2, 0.25) is 0 Å². The number of nitrogens with one attached hydrogen (secondary N) is 1. The van der Waals surface area contributed by atoms with Gasteiger partial charge in [0.1, 0.15) is 0 Å². The second-order valence-corrected chi connectivity index (χ2v) is 7.12. The molecule has 1 N–H and O–H groups in total.